The molecule has 3 nitrogen and oxygen atoms in total. The van der Waals surface area contributed by atoms with Crippen molar-refractivity contribution in [2.24, 2.45) is 0 Å². The summed E-state index contributed by atoms with van der Waals surface area (Å²) in [4.78, 5) is 11.0. The average Bonchev–Trinajstić information content (AvgIpc) is 2.24. The van der Waals surface area contributed by atoms with Crippen LogP contribution in [0.4, 0.5) is 0 Å². The van der Waals surface area contributed by atoms with E-state index in [0.29, 0.717) is 12.2 Å². The van der Waals surface area contributed by atoms with Gasteiger partial charge >= 0.3 is 5.97 Å². The highest BCUT2D eigenvalue weighted by Crippen LogP contribution is 2.37. The third-order valence-corrected chi connectivity index (χ3v) is 8.41. The molecule has 0 aromatic heterocycles. The maximum atomic E-state index is 11.0. The minimum atomic E-state index is -1.76. The first-order chi connectivity index (χ1) is 8.54. The summed E-state index contributed by atoms with van der Waals surface area (Å²) >= 11 is 0. The van der Waals surface area contributed by atoms with Crippen LogP contribution in [0.3, 0.4) is 0 Å². The van der Waals surface area contributed by atoms with Gasteiger partial charge in [-0.3, -0.25) is 0 Å². The third kappa shape index (κ3) is 3.91. The molecule has 1 aromatic rings. The van der Waals surface area contributed by atoms with E-state index in [1.165, 1.54) is 0 Å². The van der Waals surface area contributed by atoms with Gasteiger partial charge in [0.25, 0.3) is 0 Å². The zero-order chi connectivity index (χ0) is 14.8. The third-order valence-electron chi connectivity index (χ3n) is 3.93. The molecule has 1 aromatic carbocycles. The van der Waals surface area contributed by atoms with Crippen molar-refractivity contribution >= 4 is 14.3 Å². The van der Waals surface area contributed by atoms with Crippen LogP contribution in [0, 0.1) is 6.92 Å². The molecule has 0 aliphatic rings. The van der Waals surface area contributed by atoms with Crippen molar-refractivity contribution in [3.05, 3.63) is 34.9 Å². The molecule has 106 valence electrons. The van der Waals surface area contributed by atoms with Gasteiger partial charge in [0.1, 0.15) is 0 Å². The molecule has 1 N–H and O–H groups in total. The molecule has 0 saturated heterocycles. The molecule has 0 amide bonds. The molecular weight excluding hydrogens is 256 g/mol. The second-order valence-corrected chi connectivity index (χ2v) is 11.3. The first-order valence-electron chi connectivity index (χ1n) is 6.51. The van der Waals surface area contributed by atoms with Gasteiger partial charge in [0.2, 0.25) is 0 Å². The fourth-order valence-corrected chi connectivity index (χ4v) is 2.50. The number of aromatic carboxylic acids is 1. The lowest BCUT2D eigenvalue weighted by molar-refractivity contribution is 0.0696. The van der Waals surface area contributed by atoms with E-state index in [1.54, 1.807) is 6.07 Å². The SMILES string of the molecule is Cc1cc(CO[Si](C)(C)C(C)(C)C)ccc1C(=O)O. The maximum Gasteiger partial charge on any atom is 0.335 e. The van der Waals surface area contributed by atoms with Crippen LogP contribution in [0.25, 0.3) is 0 Å². The van der Waals surface area contributed by atoms with E-state index < -0.39 is 14.3 Å². The number of carboxylic acids is 1. The van der Waals surface area contributed by atoms with Gasteiger partial charge in [0.05, 0.1) is 12.2 Å². The molecule has 0 aliphatic carbocycles. The first-order valence-corrected chi connectivity index (χ1v) is 9.42. The number of carbonyl (C=O) groups is 1. The van der Waals surface area contributed by atoms with Crippen LogP contribution in [0.5, 0.6) is 0 Å². The van der Waals surface area contributed by atoms with Gasteiger partial charge in [-0.1, -0.05) is 32.9 Å². The highest BCUT2D eigenvalue weighted by Gasteiger charge is 2.37. The van der Waals surface area contributed by atoms with E-state index in [-0.39, 0.29) is 5.04 Å². The van der Waals surface area contributed by atoms with Crippen molar-refractivity contribution in [3.8, 4) is 0 Å². The van der Waals surface area contributed by atoms with E-state index in [9.17, 15) is 4.79 Å². The minimum Gasteiger partial charge on any atom is -0.478 e. The summed E-state index contributed by atoms with van der Waals surface area (Å²) in [6.07, 6.45) is 0. The average molecular weight is 280 g/mol. The lowest BCUT2D eigenvalue weighted by Crippen LogP contribution is -2.40. The normalized spacial score (nSPS) is 12.5. The zero-order valence-electron chi connectivity index (χ0n) is 12.7. The topological polar surface area (TPSA) is 46.5 Å². The summed E-state index contributed by atoms with van der Waals surface area (Å²) in [5.41, 5.74) is 2.17. The number of benzene rings is 1. The van der Waals surface area contributed by atoms with E-state index in [0.717, 1.165) is 11.1 Å². The van der Waals surface area contributed by atoms with Crippen LogP contribution >= 0.6 is 0 Å². The molecule has 0 heterocycles. The van der Waals surface area contributed by atoms with E-state index in [2.05, 4.69) is 33.9 Å². The Balaban J connectivity index is 2.80. The van der Waals surface area contributed by atoms with Crippen molar-refractivity contribution in [2.75, 3.05) is 0 Å². The molecule has 0 spiro atoms. The molecule has 0 unspecified atom stereocenters. The molecule has 4 heteroatoms. The monoisotopic (exact) mass is 280 g/mol. The van der Waals surface area contributed by atoms with E-state index in [4.69, 9.17) is 9.53 Å². The van der Waals surface area contributed by atoms with Crippen molar-refractivity contribution in [1.82, 2.24) is 0 Å². The summed E-state index contributed by atoms with van der Waals surface area (Å²) < 4.78 is 6.13. The van der Waals surface area contributed by atoms with Crippen LogP contribution in [0.1, 0.15) is 42.3 Å². The maximum absolute atomic E-state index is 11.0. The van der Waals surface area contributed by atoms with Crippen molar-refractivity contribution in [3.63, 3.8) is 0 Å². The number of hydrogen-bond donors (Lipinski definition) is 1. The molecule has 19 heavy (non-hydrogen) atoms. The second-order valence-electron chi connectivity index (χ2n) is 6.50. The Morgan fingerprint density at radius 1 is 1.32 bits per heavy atom. The highest BCUT2D eigenvalue weighted by atomic mass is 28.4. The predicted molar refractivity (Wildman–Crippen MR) is 80.1 cm³/mol. The van der Waals surface area contributed by atoms with Crippen LogP contribution in [-0.4, -0.2) is 19.4 Å². The molecule has 0 radical (unpaired) electrons. The van der Waals surface area contributed by atoms with E-state index >= 15 is 0 Å². The van der Waals surface area contributed by atoms with Crippen LogP contribution in [-0.2, 0) is 11.0 Å². The van der Waals surface area contributed by atoms with Gasteiger partial charge in [-0.25, -0.2) is 4.79 Å². The molecule has 0 bridgehead atoms. The van der Waals surface area contributed by atoms with Gasteiger partial charge in [-0.05, 0) is 42.2 Å². The fraction of sp³-hybridized carbons (Fsp3) is 0.533. The molecule has 0 aliphatic heterocycles. The number of hydrogen-bond acceptors (Lipinski definition) is 2. The smallest absolute Gasteiger partial charge is 0.335 e. The number of aryl methyl sites for hydroxylation is 1. The van der Waals surface area contributed by atoms with Gasteiger partial charge < -0.3 is 9.53 Å². The second kappa shape index (κ2) is 5.47. The Bertz CT molecular complexity index is 473. The van der Waals surface area contributed by atoms with Gasteiger partial charge in [-0.15, -0.1) is 0 Å². The molecule has 0 saturated carbocycles. The molecule has 0 atom stereocenters. The van der Waals surface area contributed by atoms with Crippen LogP contribution < -0.4 is 0 Å². The quantitative estimate of drug-likeness (QED) is 0.840. The van der Waals surface area contributed by atoms with E-state index in [1.807, 2.05) is 19.1 Å². The van der Waals surface area contributed by atoms with Gasteiger partial charge in [0, 0.05) is 0 Å². The Labute approximate surface area is 116 Å². The molecule has 0 fully saturated rings. The summed E-state index contributed by atoms with van der Waals surface area (Å²) in [5.74, 6) is -0.880. The zero-order valence-corrected chi connectivity index (χ0v) is 13.7. The van der Waals surface area contributed by atoms with Crippen molar-refractivity contribution in [1.29, 1.82) is 0 Å². The van der Waals surface area contributed by atoms with Gasteiger partial charge in [-0.2, -0.15) is 0 Å². The van der Waals surface area contributed by atoms with Crippen molar-refractivity contribution in [2.45, 2.75) is 52.4 Å². The Morgan fingerprint density at radius 3 is 2.32 bits per heavy atom. The lowest BCUT2D eigenvalue weighted by atomic mass is 10.1. The fourth-order valence-electron chi connectivity index (χ4n) is 1.54. The lowest BCUT2D eigenvalue weighted by Gasteiger charge is -2.36. The summed E-state index contributed by atoms with van der Waals surface area (Å²) in [6, 6.07) is 5.39. The summed E-state index contributed by atoms with van der Waals surface area (Å²) in [5, 5.41) is 9.18. The number of rotatable bonds is 4. The molecular formula is C15H24O3Si. The van der Waals surface area contributed by atoms with Crippen LogP contribution in [0.2, 0.25) is 18.1 Å². The first kappa shape index (κ1) is 15.9. The van der Waals surface area contributed by atoms with Gasteiger partial charge in [0.15, 0.2) is 8.32 Å². The Kier molecular flexibility index (Phi) is 4.58. The summed E-state index contributed by atoms with van der Waals surface area (Å²) in [7, 11) is -1.76. The Hall–Kier alpha value is -1.13. The Morgan fingerprint density at radius 2 is 1.89 bits per heavy atom. The van der Waals surface area contributed by atoms with Crippen molar-refractivity contribution < 1.29 is 14.3 Å². The molecule has 1 rings (SSSR count). The standard InChI is InChI=1S/C15H24O3Si/c1-11-9-12(7-8-13(11)14(16)17)10-18-19(5,6)15(2,3)4/h7-9H,10H2,1-6H3,(H,16,17). The summed E-state index contributed by atoms with van der Waals surface area (Å²) in [6.45, 7) is 13.4. The number of carboxylic acid groups (broad SMARTS) is 1. The van der Waals surface area contributed by atoms with Crippen LogP contribution in [0.15, 0.2) is 18.2 Å². The minimum absolute atomic E-state index is 0.184. The predicted octanol–water partition coefficient (Wildman–Crippen LogP) is 4.22. The largest absolute Gasteiger partial charge is 0.478 e. The highest BCUT2D eigenvalue weighted by molar-refractivity contribution is 6.74.